The minimum absolute atomic E-state index is 0.0936. The molecule has 0 aliphatic carbocycles. The number of anilines is 1. The van der Waals surface area contributed by atoms with Crippen LogP contribution in [0.15, 0.2) is 30.3 Å². The molecule has 3 unspecified atom stereocenters. The Kier molecular flexibility index (Phi) is 4.37. The molecule has 8 heteroatoms. The number of methoxy groups -OCH3 is 1. The first-order chi connectivity index (χ1) is 13.0. The van der Waals surface area contributed by atoms with Gasteiger partial charge in [0.15, 0.2) is 0 Å². The quantitative estimate of drug-likeness (QED) is 0.787. The van der Waals surface area contributed by atoms with Crippen molar-refractivity contribution in [3.8, 4) is 5.75 Å². The van der Waals surface area contributed by atoms with Crippen LogP contribution in [0.25, 0.3) is 0 Å². The summed E-state index contributed by atoms with van der Waals surface area (Å²) in [5.41, 5.74) is 5.56. The summed E-state index contributed by atoms with van der Waals surface area (Å²) >= 11 is 0. The molecule has 1 aromatic heterocycles. The number of aromatic nitrogens is 2. The number of hydrogen-bond acceptors (Lipinski definition) is 7. The van der Waals surface area contributed by atoms with Crippen LogP contribution >= 0.6 is 0 Å². The maximum absolute atomic E-state index is 12.8. The molecule has 4 rings (SSSR count). The van der Waals surface area contributed by atoms with Crippen LogP contribution in [0.2, 0.25) is 0 Å². The third-order valence-electron chi connectivity index (χ3n) is 4.91. The van der Waals surface area contributed by atoms with Crippen molar-refractivity contribution >= 4 is 17.6 Å². The number of carbonyl (C=O) groups is 2. The van der Waals surface area contributed by atoms with Gasteiger partial charge in [-0.05, 0) is 37.6 Å². The van der Waals surface area contributed by atoms with Gasteiger partial charge < -0.3 is 4.74 Å². The largest absolute Gasteiger partial charge is 0.497 e. The van der Waals surface area contributed by atoms with Gasteiger partial charge in [-0.1, -0.05) is 12.1 Å². The molecule has 2 fully saturated rings. The van der Waals surface area contributed by atoms with E-state index in [2.05, 4.69) is 20.7 Å². The Hall–Kier alpha value is -2.84. The second kappa shape index (κ2) is 6.71. The Morgan fingerprint density at radius 3 is 2.41 bits per heavy atom. The average molecular weight is 367 g/mol. The second-order valence-electron chi connectivity index (χ2n) is 6.87. The topological polar surface area (TPSA) is 96.5 Å². The van der Waals surface area contributed by atoms with Gasteiger partial charge in [-0.3, -0.25) is 14.9 Å². The van der Waals surface area contributed by atoms with Gasteiger partial charge in [0.1, 0.15) is 17.5 Å². The first kappa shape index (κ1) is 17.6. The van der Waals surface area contributed by atoms with E-state index in [-0.39, 0.29) is 30.1 Å². The van der Waals surface area contributed by atoms with E-state index in [9.17, 15) is 9.59 Å². The Balaban J connectivity index is 1.58. The predicted octanol–water partition coefficient (Wildman–Crippen LogP) is 1.20. The monoisotopic (exact) mass is 367 g/mol. The molecule has 2 saturated heterocycles. The molecule has 3 heterocycles. The first-order valence-corrected chi connectivity index (χ1v) is 8.81. The van der Waals surface area contributed by atoms with Gasteiger partial charge in [0.25, 0.3) is 5.91 Å². The van der Waals surface area contributed by atoms with E-state index in [1.165, 1.54) is 5.01 Å². The molecule has 1 amide bonds. The van der Waals surface area contributed by atoms with Crippen LogP contribution in [0.4, 0.5) is 5.95 Å². The van der Waals surface area contributed by atoms with Crippen molar-refractivity contribution in [2.75, 3.05) is 12.1 Å². The highest BCUT2D eigenvalue weighted by molar-refractivity contribution is 6.10. The van der Waals surface area contributed by atoms with Crippen LogP contribution in [0, 0.1) is 19.8 Å². The number of fused-ring (bicyclic) bond motifs is 1. The lowest BCUT2D eigenvalue weighted by Crippen LogP contribution is -2.52. The Labute approximate surface area is 156 Å². The predicted molar refractivity (Wildman–Crippen MR) is 97.9 cm³/mol. The van der Waals surface area contributed by atoms with Crippen LogP contribution in [0.3, 0.4) is 0 Å². The number of benzene rings is 1. The lowest BCUT2D eigenvalue weighted by atomic mass is 9.88. The Morgan fingerprint density at radius 2 is 1.78 bits per heavy atom. The normalized spacial score (nSPS) is 24.9. The molecule has 27 heavy (non-hydrogen) atoms. The molecule has 140 valence electrons. The third kappa shape index (κ3) is 3.17. The Morgan fingerprint density at radius 1 is 1.11 bits per heavy atom. The summed E-state index contributed by atoms with van der Waals surface area (Å²) in [6.45, 7) is 3.68. The van der Waals surface area contributed by atoms with Crippen molar-refractivity contribution in [1.82, 2.24) is 20.7 Å². The van der Waals surface area contributed by atoms with E-state index >= 15 is 0 Å². The minimum Gasteiger partial charge on any atom is -0.497 e. The summed E-state index contributed by atoms with van der Waals surface area (Å²) in [5.74, 6) is -0.169. The zero-order valence-electron chi connectivity index (χ0n) is 15.4. The van der Waals surface area contributed by atoms with E-state index in [1.807, 2.05) is 44.2 Å². The molecule has 0 radical (unpaired) electrons. The Bertz CT molecular complexity index is 878. The number of ether oxygens (including phenoxy) is 1. The van der Waals surface area contributed by atoms with E-state index in [0.29, 0.717) is 0 Å². The van der Waals surface area contributed by atoms with Crippen molar-refractivity contribution in [1.29, 1.82) is 0 Å². The van der Waals surface area contributed by atoms with E-state index in [0.717, 1.165) is 22.7 Å². The number of hydrazine groups is 1. The third-order valence-corrected chi connectivity index (χ3v) is 4.91. The molecule has 8 nitrogen and oxygen atoms in total. The zero-order chi connectivity index (χ0) is 19.1. The highest BCUT2D eigenvalue weighted by Gasteiger charge is 2.50. The van der Waals surface area contributed by atoms with Crippen molar-refractivity contribution in [3.05, 3.63) is 47.3 Å². The van der Waals surface area contributed by atoms with E-state index in [1.54, 1.807) is 7.11 Å². The molecule has 2 N–H and O–H groups in total. The number of piperidine rings is 1. The second-order valence-corrected chi connectivity index (χ2v) is 6.87. The van der Waals surface area contributed by atoms with Crippen molar-refractivity contribution in [2.45, 2.75) is 32.5 Å². The van der Waals surface area contributed by atoms with Crippen LogP contribution in [0.5, 0.6) is 5.75 Å². The highest BCUT2D eigenvalue weighted by atomic mass is 16.5. The molecule has 2 aromatic rings. The van der Waals surface area contributed by atoms with Crippen molar-refractivity contribution in [2.24, 2.45) is 5.92 Å². The molecular formula is C19H21N5O3. The number of carbonyl (C=O) groups excluding carboxylic acids is 2. The summed E-state index contributed by atoms with van der Waals surface area (Å²) in [6, 6.07) is 9.22. The lowest BCUT2D eigenvalue weighted by Gasteiger charge is -2.30. The van der Waals surface area contributed by atoms with Gasteiger partial charge in [-0.25, -0.2) is 20.4 Å². The van der Waals surface area contributed by atoms with E-state index < -0.39 is 12.1 Å². The highest BCUT2D eigenvalue weighted by Crippen LogP contribution is 2.31. The maximum Gasteiger partial charge on any atom is 0.257 e. The van der Waals surface area contributed by atoms with Gasteiger partial charge in [-0.2, -0.15) is 0 Å². The standard InChI is InChI=1S/C19H21N5O3/c1-10-8-11(2)21-19(20-10)24-18(26)16-15(25)9-14(22-17(16)23-24)12-4-6-13(27-3)7-5-12/h4-8,14,16-17,22-23H,9H2,1-3H3. The zero-order valence-corrected chi connectivity index (χ0v) is 15.4. The minimum atomic E-state index is -0.774. The summed E-state index contributed by atoms with van der Waals surface area (Å²) in [6.07, 6.45) is -0.238. The number of ketones is 1. The fourth-order valence-corrected chi connectivity index (χ4v) is 3.63. The number of amides is 1. The average Bonchev–Trinajstić information content (AvgIpc) is 2.98. The molecule has 0 spiro atoms. The van der Waals surface area contributed by atoms with Crippen LogP contribution < -0.4 is 20.5 Å². The molecule has 3 atom stereocenters. The number of nitrogens with one attached hydrogen (secondary N) is 2. The number of rotatable bonds is 3. The van der Waals surface area contributed by atoms with Crippen molar-refractivity contribution < 1.29 is 14.3 Å². The first-order valence-electron chi connectivity index (χ1n) is 8.81. The molecule has 2 aliphatic heterocycles. The number of hydrogen-bond donors (Lipinski definition) is 2. The van der Waals surface area contributed by atoms with Crippen LogP contribution in [-0.2, 0) is 9.59 Å². The summed E-state index contributed by atoms with van der Waals surface area (Å²) in [5, 5.41) is 4.66. The fraction of sp³-hybridized carbons (Fsp3) is 0.368. The van der Waals surface area contributed by atoms with Gasteiger partial charge in [0.05, 0.1) is 13.3 Å². The molecule has 2 aliphatic rings. The summed E-state index contributed by atoms with van der Waals surface area (Å²) in [7, 11) is 1.61. The summed E-state index contributed by atoms with van der Waals surface area (Å²) < 4.78 is 5.18. The van der Waals surface area contributed by atoms with Gasteiger partial charge in [-0.15, -0.1) is 0 Å². The van der Waals surface area contributed by atoms with Gasteiger partial charge in [0, 0.05) is 23.9 Å². The number of aryl methyl sites for hydroxylation is 2. The smallest absolute Gasteiger partial charge is 0.257 e. The summed E-state index contributed by atoms with van der Waals surface area (Å²) in [4.78, 5) is 34.2. The van der Waals surface area contributed by atoms with E-state index in [4.69, 9.17) is 4.74 Å². The lowest BCUT2D eigenvalue weighted by molar-refractivity contribution is -0.133. The number of nitrogens with zero attached hydrogens (tertiary/aromatic N) is 3. The molecule has 1 aromatic carbocycles. The number of Topliss-reactive ketones (excluding diaryl/α,β-unsaturated/α-hetero) is 1. The molecule has 0 bridgehead atoms. The van der Waals surface area contributed by atoms with Gasteiger partial charge in [0.2, 0.25) is 5.95 Å². The molecular weight excluding hydrogens is 346 g/mol. The fourth-order valence-electron chi connectivity index (χ4n) is 3.63. The van der Waals surface area contributed by atoms with Crippen LogP contribution in [-0.4, -0.2) is 34.9 Å². The maximum atomic E-state index is 12.8. The van der Waals surface area contributed by atoms with Gasteiger partial charge >= 0.3 is 0 Å². The van der Waals surface area contributed by atoms with Crippen molar-refractivity contribution in [3.63, 3.8) is 0 Å². The van der Waals surface area contributed by atoms with Crippen LogP contribution in [0.1, 0.15) is 29.4 Å². The molecule has 0 saturated carbocycles. The SMILES string of the molecule is COc1ccc(C2CC(=O)C3C(=O)N(c4nc(C)cc(C)n4)NC3N2)cc1.